The molecule has 0 saturated heterocycles. The molecule has 0 saturated carbocycles. The first-order valence-electron chi connectivity index (χ1n) is 5.35. The summed E-state index contributed by atoms with van der Waals surface area (Å²) in [6.07, 6.45) is 0.119. The molecule has 0 radical (unpaired) electrons. The highest BCUT2D eigenvalue weighted by atomic mass is 32.1. The van der Waals surface area contributed by atoms with Gasteiger partial charge in [-0.15, -0.1) is 0 Å². The average molecular weight is 238 g/mol. The van der Waals surface area contributed by atoms with E-state index in [9.17, 15) is 0 Å². The highest BCUT2D eigenvalue weighted by molar-refractivity contribution is 7.80. The fourth-order valence-electron chi connectivity index (χ4n) is 1.17. The van der Waals surface area contributed by atoms with Crippen LogP contribution in [0.4, 0.5) is 0 Å². The van der Waals surface area contributed by atoms with Crippen LogP contribution in [0.3, 0.4) is 0 Å². The van der Waals surface area contributed by atoms with Gasteiger partial charge in [0, 0.05) is 17.3 Å². The molecule has 0 aliphatic carbocycles. The minimum Gasteiger partial charge on any atom is -0.474 e. The van der Waals surface area contributed by atoms with Crippen LogP contribution in [0.25, 0.3) is 0 Å². The van der Waals surface area contributed by atoms with E-state index >= 15 is 0 Å². The number of nitrogens with zero attached hydrogens (tertiary/aromatic N) is 1. The number of aryl methyl sites for hydroxylation is 1. The molecule has 0 aliphatic rings. The number of pyridine rings is 1. The number of thiocarbonyl (C=S) groups is 1. The largest absolute Gasteiger partial charge is 0.474 e. The maximum absolute atomic E-state index is 5.72. The summed E-state index contributed by atoms with van der Waals surface area (Å²) in [4.78, 5) is 4.67. The lowest BCUT2D eigenvalue weighted by Crippen LogP contribution is -2.20. The molecular formula is C12H18N2OS. The molecule has 1 heterocycles. The van der Waals surface area contributed by atoms with Crippen molar-refractivity contribution in [1.29, 1.82) is 0 Å². The lowest BCUT2D eigenvalue weighted by atomic mass is 10.1. The van der Waals surface area contributed by atoms with Gasteiger partial charge in [0.2, 0.25) is 5.88 Å². The van der Waals surface area contributed by atoms with Gasteiger partial charge in [-0.1, -0.05) is 26.1 Å². The maximum Gasteiger partial charge on any atom is 0.214 e. The van der Waals surface area contributed by atoms with Gasteiger partial charge >= 0.3 is 0 Å². The zero-order valence-corrected chi connectivity index (χ0v) is 11.0. The van der Waals surface area contributed by atoms with Crippen molar-refractivity contribution < 1.29 is 4.74 Å². The van der Waals surface area contributed by atoms with Gasteiger partial charge in [0.1, 0.15) is 4.99 Å². The van der Waals surface area contributed by atoms with Crippen molar-refractivity contribution in [2.24, 2.45) is 11.7 Å². The van der Waals surface area contributed by atoms with Crippen molar-refractivity contribution in [2.45, 2.75) is 33.8 Å². The molecule has 4 heteroatoms. The molecule has 0 bridgehead atoms. The first-order valence-corrected chi connectivity index (χ1v) is 5.76. The molecule has 1 unspecified atom stereocenters. The third kappa shape index (κ3) is 3.45. The fourth-order valence-corrected chi connectivity index (χ4v) is 1.29. The standard InChI is InChI=1S/C12H18N2OS/c1-7(2)9(4)15-11-6-10(12(13)16)5-8(3)14-11/h5-7,9H,1-4H3,(H2,13,16). The zero-order chi connectivity index (χ0) is 12.3. The molecule has 0 aromatic carbocycles. The Balaban J connectivity index is 2.92. The predicted molar refractivity (Wildman–Crippen MR) is 69.8 cm³/mol. The average Bonchev–Trinajstić information content (AvgIpc) is 2.16. The smallest absolute Gasteiger partial charge is 0.214 e. The summed E-state index contributed by atoms with van der Waals surface area (Å²) < 4.78 is 5.72. The summed E-state index contributed by atoms with van der Waals surface area (Å²) in [6.45, 7) is 8.13. The highest BCUT2D eigenvalue weighted by Gasteiger charge is 2.11. The van der Waals surface area contributed by atoms with Gasteiger partial charge in [-0.25, -0.2) is 4.98 Å². The topological polar surface area (TPSA) is 48.1 Å². The summed E-state index contributed by atoms with van der Waals surface area (Å²) in [5.74, 6) is 1.03. The molecule has 16 heavy (non-hydrogen) atoms. The van der Waals surface area contributed by atoms with Crippen LogP contribution in [0.2, 0.25) is 0 Å². The molecule has 1 atom stereocenters. The van der Waals surface area contributed by atoms with E-state index in [2.05, 4.69) is 18.8 Å². The number of ether oxygens (including phenoxy) is 1. The van der Waals surface area contributed by atoms with Crippen molar-refractivity contribution >= 4 is 17.2 Å². The van der Waals surface area contributed by atoms with Crippen LogP contribution >= 0.6 is 12.2 Å². The second-order valence-corrected chi connectivity index (χ2v) is 4.71. The Morgan fingerprint density at radius 2 is 2.00 bits per heavy atom. The van der Waals surface area contributed by atoms with E-state index in [0.717, 1.165) is 11.3 Å². The van der Waals surface area contributed by atoms with Crippen LogP contribution in [0.15, 0.2) is 12.1 Å². The number of aromatic nitrogens is 1. The molecule has 0 spiro atoms. The molecule has 3 nitrogen and oxygen atoms in total. The summed E-state index contributed by atoms with van der Waals surface area (Å²) in [7, 11) is 0. The van der Waals surface area contributed by atoms with Gasteiger partial charge in [0.25, 0.3) is 0 Å². The van der Waals surface area contributed by atoms with Gasteiger partial charge in [-0.3, -0.25) is 0 Å². The van der Waals surface area contributed by atoms with E-state index < -0.39 is 0 Å². The third-order valence-electron chi connectivity index (χ3n) is 2.46. The number of nitrogens with two attached hydrogens (primary N) is 1. The molecule has 1 rings (SSSR count). The highest BCUT2D eigenvalue weighted by Crippen LogP contribution is 2.16. The Morgan fingerprint density at radius 1 is 1.38 bits per heavy atom. The molecule has 88 valence electrons. The van der Waals surface area contributed by atoms with Crippen LogP contribution < -0.4 is 10.5 Å². The number of hydrogen-bond acceptors (Lipinski definition) is 3. The van der Waals surface area contributed by atoms with E-state index in [1.54, 1.807) is 6.07 Å². The zero-order valence-electron chi connectivity index (χ0n) is 10.2. The third-order valence-corrected chi connectivity index (χ3v) is 2.70. The number of hydrogen-bond donors (Lipinski definition) is 1. The van der Waals surface area contributed by atoms with Gasteiger partial charge < -0.3 is 10.5 Å². The minimum absolute atomic E-state index is 0.119. The van der Waals surface area contributed by atoms with Crippen LogP contribution in [0, 0.1) is 12.8 Å². The molecule has 1 aromatic heterocycles. The van der Waals surface area contributed by atoms with Crippen LogP contribution in [-0.4, -0.2) is 16.1 Å². The van der Waals surface area contributed by atoms with Gasteiger partial charge in [-0.2, -0.15) is 0 Å². The fraction of sp³-hybridized carbons (Fsp3) is 0.500. The van der Waals surface area contributed by atoms with Crippen molar-refractivity contribution in [3.05, 3.63) is 23.4 Å². The summed E-state index contributed by atoms with van der Waals surface area (Å²) in [6, 6.07) is 3.64. The molecule has 1 aromatic rings. The van der Waals surface area contributed by atoms with Gasteiger partial charge in [-0.05, 0) is 25.8 Å². The van der Waals surface area contributed by atoms with E-state index in [-0.39, 0.29) is 6.10 Å². The molecule has 0 amide bonds. The lowest BCUT2D eigenvalue weighted by molar-refractivity contribution is 0.163. The Morgan fingerprint density at radius 3 is 2.50 bits per heavy atom. The van der Waals surface area contributed by atoms with Crippen molar-refractivity contribution in [1.82, 2.24) is 4.98 Å². The first-order chi connectivity index (χ1) is 7.40. The Bertz CT molecular complexity index is 391. The summed E-state index contributed by atoms with van der Waals surface area (Å²) in [5.41, 5.74) is 7.25. The van der Waals surface area contributed by atoms with Crippen molar-refractivity contribution in [2.75, 3.05) is 0 Å². The van der Waals surface area contributed by atoms with Crippen molar-refractivity contribution in [3.8, 4) is 5.88 Å². The Kier molecular flexibility index (Phi) is 4.24. The monoisotopic (exact) mass is 238 g/mol. The van der Waals surface area contributed by atoms with Crippen LogP contribution in [-0.2, 0) is 0 Å². The van der Waals surface area contributed by atoms with Gasteiger partial charge in [0.15, 0.2) is 0 Å². The Hall–Kier alpha value is -1.16. The molecule has 2 N–H and O–H groups in total. The first kappa shape index (κ1) is 12.9. The van der Waals surface area contributed by atoms with E-state index in [0.29, 0.717) is 16.8 Å². The lowest BCUT2D eigenvalue weighted by Gasteiger charge is -2.17. The van der Waals surface area contributed by atoms with E-state index in [1.807, 2.05) is 19.9 Å². The molecule has 0 aliphatic heterocycles. The van der Waals surface area contributed by atoms with E-state index in [4.69, 9.17) is 22.7 Å². The predicted octanol–water partition coefficient (Wildman–Crippen LogP) is 2.45. The second-order valence-electron chi connectivity index (χ2n) is 4.27. The van der Waals surface area contributed by atoms with Crippen LogP contribution in [0.1, 0.15) is 32.0 Å². The second kappa shape index (κ2) is 5.25. The maximum atomic E-state index is 5.72. The van der Waals surface area contributed by atoms with E-state index in [1.165, 1.54) is 0 Å². The normalized spacial score (nSPS) is 12.6. The molecular weight excluding hydrogens is 220 g/mol. The van der Waals surface area contributed by atoms with Crippen molar-refractivity contribution in [3.63, 3.8) is 0 Å². The minimum atomic E-state index is 0.119. The Labute approximate surface area is 102 Å². The van der Waals surface area contributed by atoms with Crippen LogP contribution in [0.5, 0.6) is 5.88 Å². The number of rotatable bonds is 4. The quantitative estimate of drug-likeness (QED) is 0.819. The molecule has 0 fully saturated rings. The summed E-state index contributed by atoms with van der Waals surface area (Å²) in [5, 5.41) is 0. The SMILES string of the molecule is Cc1cc(C(N)=S)cc(OC(C)C(C)C)n1. The van der Waals surface area contributed by atoms with Gasteiger partial charge in [0.05, 0.1) is 6.10 Å². The summed E-state index contributed by atoms with van der Waals surface area (Å²) >= 11 is 4.94.